The normalized spacial score (nSPS) is 11.0. The molecule has 124 valence electrons. The summed E-state index contributed by atoms with van der Waals surface area (Å²) in [5.41, 5.74) is 0.391. The molecule has 0 radical (unpaired) electrons. The Morgan fingerprint density at radius 3 is 2.67 bits per heavy atom. The third-order valence-electron chi connectivity index (χ3n) is 3.18. The molecule has 24 heavy (non-hydrogen) atoms. The van der Waals surface area contributed by atoms with Gasteiger partial charge in [-0.05, 0) is 38.1 Å². The first-order chi connectivity index (χ1) is 11.4. The maximum atomic E-state index is 13.2. The Bertz CT molecular complexity index is 888. The summed E-state index contributed by atoms with van der Waals surface area (Å²) in [7, 11) is 0. The highest BCUT2D eigenvalue weighted by atomic mass is 19.2. The van der Waals surface area contributed by atoms with Crippen molar-refractivity contribution in [3.8, 4) is 11.6 Å². The van der Waals surface area contributed by atoms with Crippen molar-refractivity contribution < 1.29 is 18.0 Å². The molecular weight excluding hydrogens is 320 g/mol. The Balaban J connectivity index is 1.75. The van der Waals surface area contributed by atoms with Gasteiger partial charge in [0.1, 0.15) is 5.69 Å². The van der Waals surface area contributed by atoms with E-state index in [-0.39, 0.29) is 23.5 Å². The number of anilines is 1. The van der Waals surface area contributed by atoms with Crippen LogP contribution in [0.4, 0.5) is 14.8 Å². The molecule has 0 atom stereocenters. The third kappa shape index (κ3) is 3.14. The van der Waals surface area contributed by atoms with Gasteiger partial charge in [-0.15, -0.1) is 5.10 Å². The van der Waals surface area contributed by atoms with Gasteiger partial charge in [0, 0.05) is 17.8 Å². The van der Waals surface area contributed by atoms with Gasteiger partial charge in [0.25, 0.3) is 11.8 Å². The fourth-order valence-electron chi connectivity index (χ4n) is 1.92. The van der Waals surface area contributed by atoms with Crippen molar-refractivity contribution in [2.45, 2.75) is 19.9 Å². The summed E-state index contributed by atoms with van der Waals surface area (Å²) < 4.78 is 33.1. The third-order valence-corrected chi connectivity index (χ3v) is 3.18. The Kier molecular flexibility index (Phi) is 4.07. The molecule has 1 aromatic carbocycles. The molecule has 2 heterocycles. The molecule has 1 N–H and O–H groups in total. The van der Waals surface area contributed by atoms with Crippen molar-refractivity contribution in [3.05, 3.63) is 47.7 Å². The molecule has 0 spiro atoms. The van der Waals surface area contributed by atoms with Gasteiger partial charge in [0.2, 0.25) is 0 Å². The zero-order chi connectivity index (χ0) is 17.3. The number of rotatable bonds is 4. The van der Waals surface area contributed by atoms with Gasteiger partial charge in [-0.3, -0.25) is 14.8 Å². The topological polar surface area (TPSA) is 85.8 Å². The first-order valence-corrected chi connectivity index (χ1v) is 7.09. The highest BCUT2D eigenvalue weighted by Crippen LogP contribution is 2.19. The Morgan fingerprint density at radius 1 is 1.21 bits per heavy atom. The minimum atomic E-state index is -1.12. The lowest BCUT2D eigenvalue weighted by Gasteiger charge is -2.02. The first-order valence-electron chi connectivity index (χ1n) is 7.09. The molecule has 0 aliphatic heterocycles. The summed E-state index contributed by atoms with van der Waals surface area (Å²) in [6.07, 6.45) is 1.77. The number of benzene rings is 1. The van der Waals surface area contributed by atoms with Crippen LogP contribution in [0.25, 0.3) is 11.6 Å². The number of halogens is 2. The van der Waals surface area contributed by atoms with E-state index < -0.39 is 17.5 Å². The van der Waals surface area contributed by atoms with Gasteiger partial charge >= 0.3 is 6.01 Å². The summed E-state index contributed by atoms with van der Waals surface area (Å²) in [4.78, 5) is 12.0. The second-order valence-corrected chi connectivity index (χ2v) is 5.27. The Labute approximate surface area is 135 Å². The van der Waals surface area contributed by atoms with Gasteiger partial charge in [0.05, 0.1) is 0 Å². The Hall–Kier alpha value is -3.10. The van der Waals surface area contributed by atoms with E-state index in [9.17, 15) is 13.6 Å². The van der Waals surface area contributed by atoms with Crippen LogP contribution in [0.3, 0.4) is 0 Å². The lowest BCUT2D eigenvalue weighted by Crippen LogP contribution is -2.12. The van der Waals surface area contributed by atoms with E-state index in [1.807, 2.05) is 13.8 Å². The van der Waals surface area contributed by atoms with E-state index in [0.717, 1.165) is 18.2 Å². The molecule has 1 amide bonds. The van der Waals surface area contributed by atoms with E-state index in [4.69, 9.17) is 4.42 Å². The largest absolute Gasteiger partial charge is 0.401 e. The Morgan fingerprint density at radius 2 is 2.00 bits per heavy atom. The number of carbonyl (C=O) groups is 1. The zero-order valence-electron chi connectivity index (χ0n) is 12.8. The van der Waals surface area contributed by atoms with E-state index in [2.05, 4.69) is 20.6 Å². The number of aromatic nitrogens is 4. The minimum absolute atomic E-state index is 0.0715. The zero-order valence-corrected chi connectivity index (χ0v) is 12.8. The average Bonchev–Trinajstić information content (AvgIpc) is 3.18. The van der Waals surface area contributed by atoms with Crippen molar-refractivity contribution in [2.24, 2.45) is 0 Å². The van der Waals surface area contributed by atoms with Gasteiger partial charge in [-0.25, -0.2) is 8.78 Å². The molecule has 0 unspecified atom stereocenters. The number of nitrogens with zero attached hydrogens (tertiary/aromatic N) is 4. The van der Waals surface area contributed by atoms with E-state index in [0.29, 0.717) is 5.69 Å². The predicted octanol–water partition coefficient (Wildman–Crippen LogP) is 3.04. The smallest absolute Gasteiger partial charge is 0.322 e. The summed E-state index contributed by atoms with van der Waals surface area (Å²) in [6.45, 7) is 3.94. The first kappa shape index (κ1) is 15.8. The monoisotopic (exact) mass is 333 g/mol. The summed E-state index contributed by atoms with van der Waals surface area (Å²) in [5, 5.41) is 14.1. The van der Waals surface area contributed by atoms with Crippen molar-refractivity contribution in [1.29, 1.82) is 0 Å². The van der Waals surface area contributed by atoms with Crippen molar-refractivity contribution in [1.82, 2.24) is 20.0 Å². The van der Waals surface area contributed by atoms with Crippen LogP contribution in [0.2, 0.25) is 0 Å². The second-order valence-electron chi connectivity index (χ2n) is 5.27. The SMILES string of the molecule is CC(C)n1ccc(-c2nnc(NC(=O)c3ccc(F)c(F)c3)o2)n1. The van der Waals surface area contributed by atoms with Crippen molar-refractivity contribution in [3.63, 3.8) is 0 Å². The lowest BCUT2D eigenvalue weighted by molar-refractivity contribution is 0.102. The highest BCUT2D eigenvalue weighted by molar-refractivity contribution is 6.03. The maximum absolute atomic E-state index is 13.2. The van der Waals surface area contributed by atoms with Crippen LogP contribution < -0.4 is 5.32 Å². The van der Waals surface area contributed by atoms with E-state index in [1.54, 1.807) is 16.9 Å². The number of amides is 1. The molecule has 3 rings (SSSR count). The molecule has 0 saturated heterocycles. The quantitative estimate of drug-likeness (QED) is 0.793. The second kappa shape index (κ2) is 6.19. The van der Waals surface area contributed by atoms with Crippen LogP contribution in [0.15, 0.2) is 34.9 Å². The van der Waals surface area contributed by atoms with Crippen molar-refractivity contribution in [2.75, 3.05) is 5.32 Å². The average molecular weight is 333 g/mol. The molecule has 0 aliphatic rings. The molecule has 0 fully saturated rings. The molecule has 0 bridgehead atoms. The fourth-order valence-corrected chi connectivity index (χ4v) is 1.92. The molecular formula is C15H13F2N5O2. The molecule has 0 aliphatic carbocycles. The minimum Gasteiger partial charge on any atom is -0.401 e. The number of carbonyl (C=O) groups excluding carboxylic acids is 1. The molecule has 0 saturated carbocycles. The summed E-state index contributed by atoms with van der Waals surface area (Å²) in [5.74, 6) is -2.72. The van der Waals surface area contributed by atoms with Gasteiger partial charge in [0.15, 0.2) is 11.6 Å². The van der Waals surface area contributed by atoms with Gasteiger partial charge < -0.3 is 4.42 Å². The van der Waals surface area contributed by atoms with Crippen LogP contribution in [-0.2, 0) is 0 Å². The molecule has 9 heteroatoms. The van der Waals surface area contributed by atoms with Crippen LogP contribution in [0.1, 0.15) is 30.2 Å². The van der Waals surface area contributed by atoms with Crippen LogP contribution in [0.5, 0.6) is 0 Å². The van der Waals surface area contributed by atoms with Crippen molar-refractivity contribution >= 4 is 11.9 Å². The lowest BCUT2D eigenvalue weighted by atomic mass is 10.2. The fraction of sp³-hybridized carbons (Fsp3) is 0.200. The molecule has 2 aromatic heterocycles. The summed E-state index contributed by atoms with van der Waals surface area (Å²) >= 11 is 0. The maximum Gasteiger partial charge on any atom is 0.322 e. The van der Waals surface area contributed by atoms with Crippen LogP contribution in [-0.4, -0.2) is 25.9 Å². The highest BCUT2D eigenvalue weighted by Gasteiger charge is 2.16. The van der Waals surface area contributed by atoms with Crippen LogP contribution >= 0.6 is 0 Å². The van der Waals surface area contributed by atoms with E-state index in [1.165, 1.54) is 0 Å². The predicted molar refractivity (Wildman–Crippen MR) is 80.2 cm³/mol. The van der Waals surface area contributed by atoms with Gasteiger partial charge in [-0.2, -0.15) is 5.10 Å². The molecule has 7 nitrogen and oxygen atoms in total. The number of hydrogen-bond donors (Lipinski definition) is 1. The van der Waals surface area contributed by atoms with Crippen LogP contribution in [0, 0.1) is 11.6 Å². The molecule has 3 aromatic rings. The standard InChI is InChI=1S/C15H13F2N5O2/c1-8(2)22-6-5-12(21-22)14-19-20-15(24-14)18-13(23)9-3-4-10(16)11(17)7-9/h3-8H,1-2H3,(H,18,20,23). The number of nitrogens with one attached hydrogen (secondary N) is 1. The number of hydrogen-bond acceptors (Lipinski definition) is 5. The summed E-state index contributed by atoms with van der Waals surface area (Å²) in [6, 6.07) is 4.51. The van der Waals surface area contributed by atoms with Gasteiger partial charge in [-0.1, -0.05) is 5.10 Å². The van der Waals surface area contributed by atoms with E-state index >= 15 is 0 Å².